The second-order valence-corrected chi connectivity index (χ2v) is 7.96. The van der Waals surface area contributed by atoms with Gasteiger partial charge in [-0.15, -0.1) is 0 Å². The number of sulfone groups is 1. The summed E-state index contributed by atoms with van der Waals surface area (Å²) < 4.78 is 42.6. The molecule has 0 fully saturated rings. The van der Waals surface area contributed by atoms with Crippen LogP contribution in [0.5, 0.6) is 0 Å². The van der Waals surface area contributed by atoms with E-state index in [1.165, 1.54) is 0 Å². The van der Waals surface area contributed by atoms with Crippen molar-refractivity contribution in [2.45, 2.75) is 17.7 Å². The van der Waals surface area contributed by atoms with Gasteiger partial charge in [0.2, 0.25) is 5.91 Å². The molecule has 0 aliphatic rings. The number of aryl methyl sites for hydroxylation is 1. The highest BCUT2D eigenvalue weighted by Gasteiger charge is 2.14. The lowest BCUT2D eigenvalue weighted by molar-refractivity contribution is -0.116. The normalized spacial score (nSPS) is 11.3. The minimum atomic E-state index is -3.50. The number of benzene rings is 2. The Morgan fingerprint density at radius 1 is 1.19 bits per heavy atom. The van der Waals surface area contributed by atoms with Crippen LogP contribution in [0, 0.1) is 5.82 Å². The zero-order chi connectivity index (χ0) is 19.4. The molecule has 2 aromatic carbocycles. The fraction of sp³-hybridized carbons (Fsp3) is 0.158. The van der Waals surface area contributed by atoms with Crippen molar-refractivity contribution in [3.05, 3.63) is 66.4 Å². The number of carbonyl (C=O) groups is 1. The Morgan fingerprint density at radius 2 is 1.93 bits per heavy atom. The first-order valence-electron chi connectivity index (χ1n) is 8.12. The zero-order valence-corrected chi connectivity index (χ0v) is 15.3. The van der Waals surface area contributed by atoms with Crippen LogP contribution in [0.2, 0.25) is 0 Å². The SMILES string of the molecule is CS(=O)(=O)c1ccc(F)c(NC(=O)CCc2ncc(-c3ccccc3)o2)c1. The molecule has 0 atom stereocenters. The molecule has 0 unspecified atom stereocenters. The second kappa shape index (κ2) is 7.71. The van der Waals surface area contributed by atoms with Crippen LogP contribution in [0.4, 0.5) is 10.1 Å². The second-order valence-electron chi connectivity index (χ2n) is 5.95. The molecule has 3 aromatic rings. The van der Waals surface area contributed by atoms with E-state index >= 15 is 0 Å². The highest BCUT2D eigenvalue weighted by molar-refractivity contribution is 7.90. The molecule has 1 N–H and O–H groups in total. The number of oxazole rings is 1. The highest BCUT2D eigenvalue weighted by atomic mass is 32.2. The summed E-state index contributed by atoms with van der Waals surface area (Å²) in [6, 6.07) is 12.7. The molecule has 3 rings (SSSR count). The molecule has 1 amide bonds. The molecule has 0 bridgehead atoms. The van der Waals surface area contributed by atoms with Crippen LogP contribution in [0.3, 0.4) is 0 Å². The molecule has 0 saturated carbocycles. The summed E-state index contributed by atoms with van der Waals surface area (Å²) in [7, 11) is -3.50. The Balaban J connectivity index is 1.63. The molecule has 0 aliphatic carbocycles. The summed E-state index contributed by atoms with van der Waals surface area (Å²) in [5, 5.41) is 2.38. The summed E-state index contributed by atoms with van der Waals surface area (Å²) >= 11 is 0. The number of halogens is 1. The van der Waals surface area contributed by atoms with Crippen molar-refractivity contribution in [2.24, 2.45) is 0 Å². The van der Waals surface area contributed by atoms with Crippen molar-refractivity contribution in [1.82, 2.24) is 4.98 Å². The molecule has 0 aliphatic heterocycles. The number of anilines is 1. The standard InChI is InChI=1S/C19H17FN2O4S/c1-27(24,25)14-7-8-15(20)16(11-14)22-18(23)9-10-19-21-12-17(26-19)13-5-3-2-4-6-13/h2-8,11-12H,9-10H2,1H3,(H,22,23). The number of hydrogen-bond donors (Lipinski definition) is 1. The minimum Gasteiger partial charge on any atom is -0.441 e. The van der Waals surface area contributed by atoms with Gasteiger partial charge in [-0.25, -0.2) is 17.8 Å². The van der Waals surface area contributed by atoms with E-state index < -0.39 is 21.6 Å². The molecular formula is C19H17FN2O4S. The topological polar surface area (TPSA) is 89.3 Å². The lowest BCUT2D eigenvalue weighted by atomic mass is 10.2. The van der Waals surface area contributed by atoms with E-state index in [2.05, 4.69) is 10.3 Å². The summed E-state index contributed by atoms with van der Waals surface area (Å²) in [6.45, 7) is 0. The van der Waals surface area contributed by atoms with Gasteiger partial charge >= 0.3 is 0 Å². The van der Waals surface area contributed by atoms with E-state index in [0.717, 1.165) is 30.0 Å². The molecule has 6 nitrogen and oxygen atoms in total. The van der Waals surface area contributed by atoms with Gasteiger partial charge < -0.3 is 9.73 Å². The Bertz CT molecular complexity index is 1060. The fourth-order valence-electron chi connectivity index (χ4n) is 2.43. The molecule has 8 heteroatoms. The van der Waals surface area contributed by atoms with Gasteiger partial charge in [0.15, 0.2) is 21.5 Å². The zero-order valence-electron chi connectivity index (χ0n) is 14.5. The van der Waals surface area contributed by atoms with Crippen LogP contribution in [-0.4, -0.2) is 25.6 Å². The largest absolute Gasteiger partial charge is 0.441 e. The van der Waals surface area contributed by atoms with Crippen LogP contribution in [0.25, 0.3) is 11.3 Å². The van der Waals surface area contributed by atoms with Crippen LogP contribution in [0.15, 0.2) is 64.0 Å². The van der Waals surface area contributed by atoms with Crippen molar-refractivity contribution in [3.63, 3.8) is 0 Å². The lowest BCUT2D eigenvalue weighted by Gasteiger charge is -2.07. The Hall–Kier alpha value is -3.00. The maximum absolute atomic E-state index is 13.8. The number of rotatable bonds is 6. The van der Waals surface area contributed by atoms with E-state index in [9.17, 15) is 17.6 Å². The van der Waals surface area contributed by atoms with Gasteiger partial charge in [0.1, 0.15) is 5.82 Å². The predicted molar refractivity (Wildman–Crippen MR) is 98.4 cm³/mol. The molecule has 140 valence electrons. The summed E-state index contributed by atoms with van der Waals surface area (Å²) in [5.74, 6) is -0.204. The van der Waals surface area contributed by atoms with Gasteiger partial charge in [0, 0.05) is 24.7 Å². The molecule has 1 aromatic heterocycles. The van der Waals surface area contributed by atoms with Crippen LogP contribution >= 0.6 is 0 Å². The summed E-state index contributed by atoms with van der Waals surface area (Å²) in [4.78, 5) is 16.1. The first-order chi connectivity index (χ1) is 12.8. The first-order valence-corrected chi connectivity index (χ1v) is 10.0. The highest BCUT2D eigenvalue weighted by Crippen LogP contribution is 2.22. The van der Waals surface area contributed by atoms with Gasteiger partial charge in [-0.05, 0) is 18.2 Å². The van der Waals surface area contributed by atoms with Crippen molar-refractivity contribution in [1.29, 1.82) is 0 Å². The third kappa shape index (κ3) is 4.79. The van der Waals surface area contributed by atoms with Gasteiger partial charge in [-0.1, -0.05) is 30.3 Å². The van der Waals surface area contributed by atoms with Gasteiger partial charge in [0.05, 0.1) is 16.8 Å². The Kier molecular flexibility index (Phi) is 5.36. The Labute approximate surface area is 156 Å². The number of amides is 1. The molecule has 0 spiro atoms. The van der Waals surface area contributed by atoms with Crippen molar-refractivity contribution < 1.29 is 22.0 Å². The molecule has 27 heavy (non-hydrogen) atoms. The number of carbonyl (C=O) groups excluding carboxylic acids is 1. The average molecular weight is 388 g/mol. The molecule has 0 radical (unpaired) electrons. The van der Waals surface area contributed by atoms with Crippen molar-refractivity contribution in [2.75, 3.05) is 11.6 Å². The van der Waals surface area contributed by atoms with Crippen LogP contribution in [-0.2, 0) is 21.1 Å². The van der Waals surface area contributed by atoms with Gasteiger partial charge in [-0.3, -0.25) is 4.79 Å². The van der Waals surface area contributed by atoms with E-state index in [-0.39, 0.29) is 23.4 Å². The van der Waals surface area contributed by atoms with Crippen LogP contribution in [0.1, 0.15) is 12.3 Å². The predicted octanol–water partition coefficient (Wildman–Crippen LogP) is 3.46. The van der Waals surface area contributed by atoms with E-state index in [4.69, 9.17) is 4.42 Å². The third-order valence-corrected chi connectivity index (χ3v) is 4.93. The number of aromatic nitrogens is 1. The van der Waals surface area contributed by atoms with Crippen molar-refractivity contribution in [3.8, 4) is 11.3 Å². The monoisotopic (exact) mass is 388 g/mol. The van der Waals surface area contributed by atoms with E-state index in [1.54, 1.807) is 6.20 Å². The summed E-state index contributed by atoms with van der Waals surface area (Å²) in [6.07, 6.45) is 2.83. The minimum absolute atomic E-state index is 0.0112. The quantitative estimate of drug-likeness (QED) is 0.653. The number of hydrogen-bond acceptors (Lipinski definition) is 5. The molecule has 0 saturated heterocycles. The summed E-state index contributed by atoms with van der Waals surface area (Å²) in [5.41, 5.74) is 0.695. The third-order valence-electron chi connectivity index (χ3n) is 3.82. The van der Waals surface area contributed by atoms with Gasteiger partial charge in [-0.2, -0.15) is 0 Å². The molecular weight excluding hydrogens is 371 g/mol. The number of nitrogens with zero attached hydrogens (tertiary/aromatic N) is 1. The van der Waals surface area contributed by atoms with E-state index in [0.29, 0.717) is 11.7 Å². The fourth-order valence-corrected chi connectivity index (χ4v) is 3.07. The van der Waals surface area contributed by atoms with Crippen molar-refractivity contribution >= 4 is 21.4 Å². The Morgan fingerprint density at radius 3 is 2.63 bits per heavy atom. The maximum atomic E-state index is 13.8. The number of nitrogens with one attached hydrogen (secondary N) is 1. The van der Waals surface area contributed by atoms with E-state index in [1.807, 2.05) is 30.3 Å². The molecule has 1 heterocycles. The lowest BCUT2D eigenvalue weighted by Crippen LogP contribution is -2.14. The first kappa shape index (κ1) is 18.8. The average Bonchev–Trinajstić information content (AvgIpc) is 3.11. The van der Waals surface area contributed by atoms with Crippen LogP contribution < -0.4 is 5.32 Å². The smallest absolute Gasteiger partial charge is 0.224 e. The van der Waals surface area contributed by atoms with Gasteiger partial charge in [0.25, 0.3) is 0 Å². The maximum Gasteiger partial charge on any atom is 0.224 e.